The second kappa shape index (κ2) is 7.08. The van der Waals surface area contributed by atoms with Crippen LogP contribution < -0.4 is 14.9 Å². The molecule has 1 aromatic rings. The Balaban J connectivity index is 0.00000176. The molecule has 0 aromatic heterocycles. The zero-order valence-corrected chi connectivity index (χ0v) is 14.3. The molecule has 122 valence electrons. The van der Waals surface area contributed by atoms with E-state index in [0.717, 1.165) is 11.6 Å². The van der Waals surface area contributed by atoms with Crippen molar-refractivity contribution < 1.29 is 13.2 Å². The number of rotatable bonds is 3. The molecule has 0 spiro atoms. The van der Waals surface area contributed by atoms with Crippen LogP contribution in [0.2, 0.25) is 0 Å². The zero-order valence-electron chi connectivity index (χ0n) is 11.8. The fraction of sp³-hybridized carbons (Fsp3) is 0.462. The monoisotopic (exact) mass is 363 g/mol. The Labute approximate surface area is 140 Å². The molecule has 0 saturated carbocycles. The van der Waals surface area contributed by atoms with Gasteiger partial charge in [-0.2, -0.15) is 0 Å². The van der Waals surface area contributed by atoms with Crippen LogP contribution in [0.5, 0.6) is 0 Å². The lowest BCUT2D eigenvalue weighted by atomic mass is 10.2. The maximum Gasteiger partial charge on any atom is 0.242 e. The Morgan fingerprint density at radius 1 is 1.32 bits per heavy atom. The molecule has 0 bridgehead atoms. The van der Waals surface area contributed by atoms with Gasteiger partial charge in [0.2, 0.25) is 15.9 Å². The van der Waals surface area contributed by atoms with Gasteiger partial charge in [-0.25, -0.2) is 8.42 Å². The van der Waals surface area contributed by atoms with Crippen molar-refractivity contribution in [2.75, 3.05) is 33.5 Å². The van der Waals surface area contributed by atoms with E-state index in [-0.39, 0.29) is 30.1 Å². The number of benzene rings is 1. The molecular weight excluding hydrogens is 346 g/mol. The lowest BCUT2D eigenvalue weighted by Crippen LogP contribution is -2.37. The highest BCUT2D eigenvalue weighted by Gasteiger charge is 2.28. The minimum absolute atomic E-state index is 0. The van der Waals surface area contributed by atoms with E-state index in [1.807, 2.05) is 0 Å². The van der Waals surface area contributed by atoms with Crippen LogP contribution >= 0.6 is 24.2 Å². The first-order valence-electron chi connectivity index (χ1n) is 6.79. The summed E-state index contributed by atoms with van der Waals surface area (Å²) < 4.78 is 25.1. The Bertz CT molecular complexity index is 630. The van der Waals surface area contributed by atoms with Crippen LogP contribution in [-0.4, -0.2) is 44.3 Å². The molecule has 1 unspecified atom stereocenters. The summed E-state index contributed by atoms with van der Waals surface area (Å²) in [7, 11) is -3.16. The van der Waals surface area contributed by atoms with Gasteiger partial charge in [0.15, 0.2) is 0 Å². The molecule has 6 nitrogen and oxygen atoms in total. The summed E-state index contributed by atoms with van der Waals surface area (Å²) in [6.07, 6.45) is 0.659. The number of thioether (sulfide) groups is 1. The maximum absolute atomic E-state index is 12.0. The summed E-state index contributed by atoms with van der Waals surface area (Å²) >= 11 is 1.69. The summed E-state index contributed by atoms with van der Waals surface area (Å²) in [5, 5.41) is 5.95. The van der Waals surface area contributed by atoms with E-state index in [9.17, 15) is 13.2 Å². The molecule has 2 N–H and O–H groups in total. The zero-order chi connectivity index (χ0) is 14.9. The molecule has 9 heteroatoms. The molecule has 1 atom stereocenters. The number of carbonyl (C=O) groups excluding carboxylic acids is 1. The van der Waals surface area contributed by atoms with Crippen LogP contribution in [0, 0.1) is 0 Å². The van der Waals surface area contributed by atoms with Gasteiger partial charge in [0.05, 0.1) is 17.5 Å². The van der Waals surface area contributed by atoms with E-state index in [1.165, 1.54) is 4.31 Å². The van der Waals surface area contributed by atoms with Crippen molar-refractivity contribution in [3.05, 3.63) is 24.3 Å². The van der Waals surface area contributed by atoms with Gasteiger partial charge in [-0.05, 0) is 30.7 Å². The summed E-state index contributed by atoms with van der Waals surface area (Å²) in [5.74, 6) is 1.72. The Hall–Kier alpha value is -0.960. The number of nitrogens with zero attached hydrogens (tertiary/aromatic N) is 1. The van der Waals surface area contributed by atoms with Crippen molar-refractivity contribution in [3.8, 4) is 0 Å². The average Bonchev–Trinajstić information content (AvgIpc) is 3.09. The van der Waals surface area contributed by atoms with Gasteiger partial charge in [-0.1, -0.05) is 0 Å². The molecule has 2 aliphatic heterocycles. The first kappa shape index (κ1) is 17.4. The van der Waals surface area contributed by atoms with Crippen molar-refractivity contribution in [2.24, 2.45) is 0 Å². The van der Waals surface area contributed by atoms with E-state index in [4.69, 9.17) is 0 Å². The molecule has 2 fully saturated rings. The van der Waals surface area contributed by atoms with Crippen molar-refractivity contribution in [3.63, 3.8) is 0 Å². The van der Waals surface area contributed by atoms with E-state index >= 15 is 0 Å². The summed E-state index contributed by atoms with van der Waals surface area (Å²) in [4.78, 5) is 12.0. The number of halogens is 1. The van der Waals surface area contributed by atoms with Crippen molar-refractivity contribution in [2.45, 2.75) is 12.5 Å². The van der Waals surface area contributed by atoms with Gasteiger partial charge in [-0.3, -0.25) is 14.4 Å². The highest BCUT2D eigenvalue weighted by atomic mass is 35.5. The van der Waals surface area contributed by atoms with Crippen molar-refractivity contribution >= 4 is 51.5 Å². The van der Waals surface area contributed by atoms with Gasteiger partial charge >= 0.3 is 0 Å². The molecule has 3 rings (SSSR count). The van der Waals surface area contributed by atoms with E-state index < -0.39 is 10.0 Å². The van der Waals surface area contributed by atoms with Gasteiger partial charge in [0.1, 0.15) is 0 Å². The molecule has 22 heavy (non-hydrogen) atoms. The minimum atomic E-state index is -3.16. The van der Waals surface area contributed by atoms with E-state index in [0.29, 0.717) is 24.3 Å². The van der Waals surface area contributed by atoms with Gasteiger partial charge in [0.25, 0.3) is 0 Å². The number of carbonyl (C=O) groups is 1. The first-order valence-corrected chi connectivity index (χ1v) is 9.55. The topological polar surface area (TPSA) is 78.5 Å². The number of hydrogen-bond donors (Lipinski definition) is 2. The predicted molar refractivity (Wildman–Crippen MR) is 92.3 cm³/mol. The van der Waals surface area contributed by atoms with E-state index in [2.05, 4.69) is 10.6 Å². The molecule has 1 aromatic carbocycles. The largest absolute Gasteiger partial charge is 0.325 e. The third-order valence-corrected chi connectivity index (χ3v) is 6.36. The van der Waals surface area contributed by atoms with Crippen LogP contribution in [0.15, 0.2) is 24.3 Å². The fourth-order valence-corrected chi connectivity index (χ4v) is 4.94. The lowest BCUT2D eigenvalue weighted by molar-refractivity contribution is -0.117. The lowest BCUT2D eigenvalue weighted by Gasteiger charge is -2.17. The quantitative estimate of drug-likeness (QED) is 0.845. The Morgan fingerprint density at radius 2 is 2.05 bits per heavy atom. The molecule has 0 aliphatic carbocycles. The SMILES string of the molecule is Cl.O=C(Nc1ccc(N2CCCS2(=O)=O)cc1)C1CSCN1. The third kappa shape index (κ3) is 3.68. The van der Waals surface area contributed by atoms with Gasteiger partial charge < -0.3 is 5.32 Å². The highest BCUT2D eigenvalue weighted by molar-refractivity contribution is 7.99. The standard InChI is InChI=1S/C13H17N3O3S2.ClH/c17-13(12-8-20-9-14-12)15-10-2-4-11(5-3-10)16-6-1-7-21(16,18)19;/h2-5,12,14H,1,6-9H2,(H,15,17);1H. The Morgan fingerprint density at radius 3 is 2.59 bits per heavy atom. The number of anilines is 2. The molecule has 2 heterocycles. The molecule has 0 radical (unpaired) electrons. The van der Waals surface area contributed by atoms with Gasteiger partial charge in [-0.15, -0.1) is 24.2 Å². The van der Waals surface area contributed by atoms with Crippen LogP contribution in [0.1, 0.15) is 6.42 Å². The van der Waals surface area contributed by atoms with Crippen molar-refractivity contribution in [1.29, 1.82) is 0 Å². The first-order chi connectivity index (χ1) is 10.1. The number of sulfonamides is 1. The van der Waals surface area contributed by atoms with E-state index in [1.54, 1.807) is 36.0 Å². The van der Waals surface area contributed by atoms with Crippen LogP contribution in [0.3, 0.4) is 0 Å². The highest BCUT2D eigenvalue weighted by Crippen LogP contribution is 2.25. The normalized spacial score (nSPS) is 23.1. The molecule has 2 aliphatic rings. The summed E-state index contributed by atoms with van der Waals surface area (Å²) in [6.45, 7) is 0.525. The van der Waals surface area contributed by atoms with Crippen molar-refractivity contribution in [1.82, 2.24) is 5.32 Å². The van der Waals surface area contributed by atoms with Crippen LogP contribution in [0.25, 0.3) is 0 Å². The van der Waals surface area contributed by atoms with Crippen LogP contribution in [-0.2, 0) is 14.8 Å². The molecule has 1 amide bonds. The van der Waals surface area contributed by atoms with Crippen LogP contribution in [0.4, 0.5) is 11.4 Å². The maximum atomic E-state index is 12.0. The number of amides is 1. The second-order valence-corrected chi connectivity index (χ2v) is 8.09. The van der Waals surface area contributed by atoms with Gasteiger partial charge in [0, 0.05) is 23.9 Å². The third-order valence-electron chi connectivity index (χ3n) is 3.55. The smallest absolute Gasteiger partial charge is 0.242 e. The average molecular weight is 364 g/mol. The fourth-order valence-electron chi connectivity index (χ4n) is 2.43. The summed E-state index contributed by atoms with van der Waals surface area (Å²) in [5.41, 5.74) is 1.33. The number of nitrogens with one attached hydrogen (secondary N) is 2. The minimum Gasteiger partial charge on any atom is -0.325 e. The molecule has 2 saturated heterocycles. The summed E-state index contributed by atoms with van der Waals surface area (Å²) in [6, 6.07) is 6.78. The number of hydrogen-bond acceptors (Lipinski definition) is 5. The molecular formula is C13H18ClN3O3S2. The Kier molecular flexibility index (Phi) is 5.60. The predicted octanol–water partition coefficient (Wildman–Crippen LogP) is 1.25. The second-order valence-electron chi connectivity index (χ2n) is 5.05.